The monoisotopic (exact) mass is 240 g/mol. The highest BCUT2D eigenvalue weighted by Crippen LogP contribution is 2.44. The van der Waals surface area contributed by atoms with Crippen LogP contribution in [0, 0.1) is 5.92 Å². The number of fused-ring (bicyclic) bond motifs is 1. The van der Waals surface area contributed by atoms with Crippen molar-refractivity contribution in [2.75, 3.05) is 7.11 Å². The van der Waals surface area contributed by atoms with E-state index in [0.29, 0.717) is 18.6 Å². The number of hydrogen-bond donors (Lipinski definition) is 1. The summed E-state index contributed by atoms with van der Waals surface area (Å²) in [6, 6.07) is 0. The van der Waals surface area contributed by atoms with Crippen LogP contribution in [0.15, 0.2) is 12.2 Å². The third-order valence-electron chi connectivity index (χ3n) is 3.57. The van der Waals surface area contributed by atoms with Gasteiger partial charge >= 0.3 is 5.97 Å². The molecule has 1 heterocycles. The van der Waals surface area contributed by atoms with E-state index in [4.69, 9.17) is 4.74 Å². The van der Waals surface area contributed by atoms with Crippen LogP contribution in [0.3, 0.4) is 0 Å². The maximum Gasteiger partial charge on any atom is 0.305 e. The maximum absolute atomic E-state index is 10.8. The molecular formula is C13H20O4. The van der Waals surface area contributed by atoms with Gasteiger partial charge in [-0.1, -0.05) is 12.2 Å². The minimum atomic E-state index is -0.196. The summed E-state index contributed by atoms with van der Waals surface area (Å²) in [6.07, 6.45) is 8.44. The molecule has 17 heavy (non-hydrogen) atoms. The van der Waals surface area contributed by atoms with E-state index in [9.17, 15) is 9.90 Å². The molecule has 96 valence electrons. The molecule has 1 saturated carbocycles. The summed E-state index contributed by atoms with van der Waals surface area (Å²) < 4.78 is 9.96. The van der Waals surface area contributed by atoms with Gasteiger partial charge < -0.3 is 14.6 Å². The third kappa shape index (κ3) is 3.30. The lowest BCUT2D eigenvalue weighted by molar-refractivity contribution is -0.140. The summed E-state index contributed by atoms with van der Waals surface area (Å²) in [4.78, 5) is 10.8. The lowest BCUT2D eigenvalue weighted by Crippen LogP contribution is -2.19. The molecule has 0 bridgehead atoms. The Bertz CT molecular complexity index is 298. The Morgan fingerprint density at radius 3 is 3.00 bits per heavy atom. The number of carbonyl (C=O) groups excluding carboxylic acids is 1. The zero-order chi connectivity index (χ0) is 12.3. The van der Waals surface area contributed by atoms with Crippen LogP contribution in [-0.4, -0.2) is 36.5 Å². The van der Waals surface area contributed by atoms with Crippen molar-refractivity contribution in [2.24, 2.45) is 5.92 Å². The van der Waals surface area contributed by atoms with Gasteiger partial charge in [0.2, 0.25) is 0 Å². The Balaban J connectivity index is 1.57. The Labute approximate surface area is 102 Å². The first-order chi connectivity index (χ1) is 8.22. The zero-order valence-electron chi connectivity index (χ0n) is 10.2. The molecule has 1 saturated heterocycles. The van der Waals surface area contributed by atoms with Crippen LogP contribution in [-0.2, 0) is 14.3 Å². The molecule has 1 aliphatic carbocycles. The number of epoxide rings is 1. The average molecular weight is 240 g/mol. The van der Waals surface area contributed by atoms with Crippen molar-refractivity contribution in [1.29, 1.82) is 0 Å². The van der Waals surface area contributed by atoms with Gasteiger partial charge in [-0.25, -0.2) is 0 Å². The summed E-state index contributed by atoms with van der Waals surface area (Å²) in [5.41, 5.74) is 0. The van der Waals surface area contributed by atoms with E-state index < -0.39 is 0 Å². The second-order valence-corrected chi connectivity index (χ2v) is 4.78. The highest BCUT2D eigenvalue weighted by molar-refractivity contribution is 5.68. The number of unbranched alkanes of at least 4 members (excludes halogenated alkanes) is 1. The van der Waals surface area contributed by atoms with Crippen LogP contribution in [0.1, 0.15) is 32.1 Å². The van der Waals surface area contributed by atoms with Crippen molar-refractivity contribution in [2.45, 2.75) is 50.4 Å². The predicted octanol–water partition coefficient (Wildman–Crippen LogP) is 1.42. The number of ether oxygens (including phenoxy) is 2. The summed E-state index contributed by atoms with van der Waals surface area (Å²) in [6.45, 7) is 0. The highest BCUT2D eigenvalue weighted by atomic mass is 16.6. The van der Waals surface area contributed by atoms with E-state index >= 15 is 0 Å². The standard InChI is InChI=1S/C13H20O4/c1-16-12(15)7-5-3-2-4-6-9-10(14)8-11-13(9)17-11/h2,4,9-11,13-14H,3,5-8H2,1H3/b4-2-/t9-,10-,11+,13-/m1/s1. The van der Waals surface area contributed by atoms with Gasteiger partial charge in [0.25, 0.3) is 0 Å². The smallest absolute Gasteiger partial charge is 0.305 e. The van der Waals surface area contributed by atoms with Crippen molar-refractivity contribution < 1.29 is 19.4 Å². The molecule has 0 amide bonds. The number of hydrogen-bond acceptors (Lipinski definition) is 4. The Morgan fingerprint density at radius 2 is 2.35 bits per heavy atom. The fraction of sp³-hybridized carbons (Fsp3) is 0.769. The van der Waals surface area contributed by atoms with Gasteiger partial charge in [0, 0.05) is 18.8 Å². The van der Waals surface area contributed by atoms with Crippen molar-refractivity contribution in [1.82, 2.24) is 0 Å². The summed E-state index contributed by atoms with van der Waals surface area (Å²) in [5, 5.41) is 9.72. The number of allylic oxidation sites excluding steroid dienone is 2. The number of rotatable bonds is 6. The quantitative estimate of drug-likeness (QED) is 0.330. The molecule has 2 fully saturated rings. The van der Waals surface area contributed by atoms with Crippen molar-refractivity contribution in [3.8, 4) is 0 Å². The zero-order valence-corrected chi connectivity index (χ0v) is 10.2. The second kappa shape index (κ2) is 5.65. The molecule has 0 unspecified atom stereocenters. The second-order valence-electron chi connectivity index (χ2n) is 4.78. The van der Waals surface area contributed by atoms with Crippen LogP contribution in [0.5, 0.6) is 0 Å². The van der Waals surface area contributed by atoms with Gasteiger partial charge in [0.05, 0.1) is 25.4 Å². The Morgan fingerprint density at radius 1 is 1.53 bits per heavy atom. The van der Waals surface area contributed by atoms with E-state index in [-0.39, 0.29) is 18.0 Å². The van der Waals surface area contributed by atoms with E-state index in [1.165, 1.54) is 7.11 Å². The normalized spacial score (nSPS) is 34.9. The minimum absolute atomic E-state index is 0.154. The molecule has 0 radical (unpaired) electrons. The Kier molecular flexibility index (Phi) is 4.18. The van der Waals surface area contributed by atoms with Crippen molar-refractivity contribution in [3.63, 3.8) is 0 Å². The van der Waals surface area contributed by atoms with Crippen molar-refractivity contribution >= 4 is 5.97 Å². The summed E-state index contributed by atoms with van der Waals surface area (Å²) in [7, 11) is 1.41. The molecule has 0 aromatic heterocycles. The lowest BCUT2D eigenvalue weighted by atomic mass is 10.00. The van der Waals surface area contributed by atoms with Gasteiger partial charge in [-0.3, -0.25) is 4.79 Å². The number of aliphatic hydroxyl groups is 1. The molecule has 1 aliphatic heterocycles. The van der Waals surface area contributed by atoms with Gasteiger partial charge in [-0.15, -0.1) is 0 Å². The molecule has 1 N–H and O–H groups in total. The van der Waals surface area contributed by atoms with E-state index in [0.717, 1.165) is 25.7 Å². The number of methoxy groups -OCH3 is 1. The fourth-order valence-electron chi connectivity index (χ4n) is 2.48. The number of aliphatic hydroxyl groups excluding tert-OH is 1. The number of esters is 1. The minimum Gasteiger partial charge on any atom is -0.469 e. The number of carbonyl (C=O) groups is 1. The van der Waals surface area contributed by atoms with Crippen LogP contribution < -0.4 is 0 Å². The van der Waals surface area contributed by atoms with Gasteiger partial charge in [0.1, 0.15) is 0 Å². The first kappa shape index (κ1) is 12.6. The molecule has 4 nitrogen and oxygen atoms in total. The molecule has 4 heteroatoms. The first-order valence-corrected chi connectivity index (χ1v) is 6.27. The molecule has 4 atom stereocenters. The lowest BCUT2D eigenvalue weighted by Gasteiger charge is -2.13. The molecule has 0 aromatic carbocycles. The Hall–Kier alpha value is -0.870. The summed E-state index contributed by atoms with van der Waals surface area (Å²) in [5.74, 6) is 0.121. The third-order valence-corrected chi connectivity index (χ3v) is 3.57. The van der Waals surface area contributed by atoms with Gasteiger partial charge in [0.15, 0.2) is 0 Å². The molecule has 2 rings (SSSR count). The molecule has 0 aromatic rings. The predicted molar refractivity (Wildman–Crippen MR) is 62.4 cm³/mol. The average Bonchev–Trinajstić information content (AvgIpc) is 3.00. The summed E-state index contributed by atoms with van der Waals surface area (Å²) >= 11 is 0. The molecule has 2 aliphatic rings. The maximum atomic E-state index is 10.8. The van der Waals surface area contributed by atoms with Crippen LogP contribution in [0.4, 0.5) is 0 Å². The van der Waals surface area contributed by atoms with Crippen LogP contribution in [0.25, 0.3) is 0 Å². The fourth-order valence-corrected chi connectivity index (χ4v) is 2.48. The van der Waals surface area contributed by atoms with E-state index in [1.807, 2.05) is 0 Å². The topological polar surface area (TPSA) is 59.1 Å². The SMILES string of the molecule is COC(=O)CCC/C=C\C[C@H]1[C@H]2O[C@H]2C[C@H]1O. The van der Waals surface area contributed by atoms with E-state index in [2.05, 4.69) is 16.9 Å². The first-order valence-electron chi connectivity index (χ1n) is 6.27. The van der Waals surface area contributed by atoms with Gasteiger partial charge in [-0.2, -0.15) is 0 Å². The van der Waals surface area contributed by atoms with Gasteiger partial charge in [-0.05, 0) is 19.3 Å². The molecule has 0 spiro atoms. The van der Waals surface area contributed by atoms with Crippen LogP contribution >= 0.6 is 0 Å². The van der Waals surface area contributed by atoms with Crippen LogP contribution in [0.2, 0.25) is 0 Å². The molecular weight excluding hydrogens is 220 g/mol. The largest absolute Gasteiger partial charge is 0.469 e. The van der Waals surface area contributed by atoms with Crippen molar-refractivity contribution in [3.05, 3.63) is 12.2 Å². The highest BCUT2D eigenvalue weighted by Gasteiger charge is 2.54. The van der Waals surface area contributed by atoms with E-state index in [1.54, 1.807) is 0 Å².